The predicted molar refractivity (Wildman–Crippen MR) is 98.4 cm³/mol. The molecule has 0 fully saturated rings. The fourth-order valence-corrected chi connectivity index (χ4v) is 2.59. The van der Waals surface area contributed by atoms with E-state index in [1.54, 1.807) is 24.3 Å². The zero-order valence-corrected chi connectivity index (χ0v) is 14.6. The number of nitrogens with zero attached hydrogens (tertiary/aromatic N) is 1. The highest BCUT2D eigenvalue weighted by Crippen LogP contribution is 2.30. The Kier molecular flexibility index (Phi) is 4.45. The minimum absolute atomic E-state index is 0.0746. The molecule has 24 heavy (non-hydrogen) atoms. The van der Waals surface area contributed by atoms with E-state index in [-0.39, 0.29) is 5.78 Å². The fourth-order valence-electron chi connectivity index (χ4n) is 2.46. The lowest BCUT2D eigenvalue weighted by Crippen LogP contribution is -2.08. The van der Waals surface area contributed by atoms with E-state index in [9.17, 15) is 4.79 Å². The zero-order valence-electron chi connectivity index (χ0n) is 13.8. The molecular formula is C20H18ClNO2. The molecule has 0 amide bonds. The van der Waals surface area contributed by atoms with Crippen LogP contribution in [0.25, 0.3) is 17.0 Å². The van der Waals surface area contributed by atoms with Gasteiger partial charge in [-0.3, -0.25) is 4.79 Å². The molecule has 0 aliphatic heterocycles. The van der Waals surface area contributed by atoms with Crippen molar-refractivity contribution in [2.75, 3.05) is 14.1 Å². The van der Waals surface area contributed by atoms with Crippen LogP contribution in [0.4, 0.5) is 0 Å². The Morgan fingerprint density at radius 3 is 2.42 bits per heavy atom. The van der Waals surface area contributed by atoms with Crippen LogP contribution in [0.5, 0.6) is 0 Å². The summed E-state index contributed by atoms with van der Waals surface area (Å²) >= 11 is 5.93. The maximum absolute atomic E-state index is 13.1. The van der Waals surface area contributed by atoms with E-state index in [0.29, 0.717) is 27.5 Å². The lowest BCUT2D eigenvalue weighted by atomic mass is 10.00. The predicted octanol–water partition coefficient (Wildman–Crippen LogP) is 5.24. The van der Waals surface area contributed by atoms with E-state index < -0.39 is 0 Å². The number of furan rings is 1. The van der Waals surface area contributed by atoms with Crippen LogP contribution >= 0.6 is 11.6 Å². The number of allylic oxidation sites excluding steroid dienone is 1. The Bertz CT molecular complexity index is 920. The maximum atomic E-state index is 13.1. The number of carbonyl (C=O) groups excluding carboxylic acids is 1. The topological polar surface area (TPSA) is 33.5 Å². The SMILES string of the molecule is C/C(=C\c1oc2ccccc2c1C(=O)c1ccc(Cl)cc1)N(C)C. The first-order valence-electron chi connectivity index (χ1n) is 7.65. The van der Waals surface area contributed by atoms with Crippen molar-refractivity contribution >= 4 is 34.4 Å². The summed E-state index contributed by atoms with van der Waals surface area (Å²) < 4.78 is 5.94. The van der Waals surface area contributed by atoms with Crippen molar-refractivity contribution in [2.45, 2.75) is 6.92 Å². The summed E-state index contributed by atoms with van der Waals surface area (Å²) in [5.41, 5.74) is 2.86. The summed E-state index contributed by atoms with van der Waals surface area (Å²) in [7, 11) is 3.91. The molecule has 0 saturated carbocycles. The highest BCUT2D eigenvalue weighted by molar-refractivity contribution is 6.30. The van der Waals surface area contributed by atoms with Crippen LogP contribution in [-0.2, 0) is 0 Å². The van der Waals surface area contributed by atoms with Gasteiger partial charge >= 0.3 is 0 Å². The molecule has 122 valence electrons. The van der Waals surface area contributed by atoms with E-state index in [1.165, 1.54) is 0 Å². The second kappa shape index (κ2) is 6.54. The van der Waals surface area contributed by atoms with E-state index in [2.05, 4.69) is 0 Å². The quantitative estimate of drug-likeness (QED) is 0.609. The van der Waals surface area contributed by atoms with Crippen LogP contribution in [0.1, 0.15) is 28.6 Å². The lowest BCUT2D eigenvalue weighted by Gasteiger charge is -2.12. The van der Waals surface area contributed by atoms with Crippen LogP contribution in [-0.4, -0.2) is 24.8 Å². The second-order valence-corrected chi connectivity index (χ2v) is 6.29. The van der Waals surface area contributed by atoms with Gasteiger partial charge in [-0.25, -0.2) is 0 Å². The fraction of sp³-hybridized carbons (Fsp3) is 0.150. The number of carbonyl (C=O) groups is 1. The second-order valence-electron chi connectivity index (χ2n) is 5.85. The van der Waals surface area contributed by atoms with Gasteiger partial charge in [0, 0.05) is 41.8 Å². The molecule has 0 bridgehead atoms. The molecule has 3 rings (SSSR count). The van der Waals surface area contributed by atoms with E-state index in [1.807, 2.05) is 56.3 Å². The van der Waals surface area contributed by atoms with Crippen molar-refractivity contribution in [1.82, 2.24) is 4.90 Å². The summed E-state index contributed by atoms with van der Waals surface area (Å²) in [6, 6.07) is 14.5. The molecule has 0 unspecified atom stereocenters. The number of hydrogen-bond acceptors (Lipinski definition) is 3. The molecule has 1 heterocycles. The van der Waals surface area contributed by atoms with Crippen molar-refractivity contribution in [2.24, 2.45) is 0 Å². The average Bonchev–Trinajstić information content (AvgIpc) is 2.92. The van der Waals surface area contributed by atoms with Gasteiger partial charge < -0.3 is 9.32 Å². The summed E-state index contributed by atoms with van der Waals surface area (Å²) in [5, 5.41) is 1.42. The Hall–Kier alpha value is -2.52. The molecule has 3 nitrogen and oxygen atoms in total. The lowest BCUT2D eigenvalue weighted by molar-refractivity contribution is 0.103. The van der Waals surface area contributed by atoms with E-state index in [0.717, 1.165) is 11.1 Å². The van der Waals surface area contributed by atoms with Crippen molar-refractivity contribution in [1.29, 1.82) is 0 Å². The Balaban J connectivity index is 2.19. The van der Waals surface area contributed by atoms with E-state index in [4.69, 9.17) is 16.0 Å². The van der Waals surface area contributed by atoms with Crippen molar-refractivity contribution in [3.05, 3.63) is 76.1 Å². The molecule has 3 aromatic rings. The van der Waals surface area contributed by atoms with Gasteiger partial charge in [-0.2, -0.15) is 0 Å². The first-order valence-corrected chi connectivity index (χ1v) is 8.02. The number of hydrogen-bond donors (Lipinski definition) is 0. The van der Waals surface area contributed by atoms with Crippen molar-refractivity contribution in [3.63, 3.8) is 0 Å². The number of benzene rings is 2. The number of para-hydroxylation sites is 1. The first-order chi connectivity index (χ1) is 11.5. The van der Waals surface area contributed by atoms with Crippen LogP contribution in [0, 0.1) is 0 Å². The Morgan fingerprint density at radius 1 is 1.08 bits per heavy atom. The van der Waals surface area contributed by atoms with Gasteiger partial charge in [0.25, 0.3) is 0 Å². The monoisotopic (exact) mass is 339 g/mol. The van der Waals surface area contributed by atoms with Crippen LogP contribution in [0.15, 0.2) is 58.6 Å². The Labute approximate surface area is 146 Å². The highest BCUT2D eigenvalue weighted by atomic mass is 35.5. The zero-order chi connectivity index (χ0) is 17.3. The number of rotatable bonds is 4. The molecule has 0 N–H and O–H groups in total. The van der Waals surface area contributed by atoms with Crippen LogP contribution < -0.4 is 0 Å². The smallest absolute Gasteiger partial charge is 0.197 e. The van der Waals surface area contributed by atoms with Crippen LogP contribution in [0.3, 0.4) is 0 Å². The molecule has 4 heteroatoms. The van der Waals surface area contributed by atoms with E-state index >= 15 is 0 Å². The van der Waals surface area contributed by atoms with Gasteiger partial charge in [-0.15, -0.1) is 0 Å². The molecule has 0 aliphatic rings. The molecule has 2 aromatic carbocycles. The maximum Gasteiger partial charge on any atom is 0.197 e. The molecule has 0 saturated heterocycles. The number of ketones is 1. The minimum Gasteiger partial charge on any atom is -0.456 e. The van der Waals surface area contributed by atoms with Gasteiger partial charge in [-0.05, 0) is 37.3 Å². The molecule has 0 spiro atoms. The third-order valence-corrected chi connectivity index (χ3v) is 4.25. The number of halogens is 1. The Morgan fingerprint density at radius 2 is 1.75 bits per heavy atom. The highest BCUT2D eigenvalue weighted by Gasteiger charge is 2.21. The molecule has 1 aromatic heterocycles. The molecular weight excluding hydrogens is 322 g/mol. The summed E-state index contributed by atoms with van der Waals surface area (Å²) in [4.78, 5) is 15.0. The van der Waals surface area contributed by atoms with Crippen molar-refractivity contribution < 1.29 is 9.21 Å². The number of fused-ring (bicyclic) bond motifs is 1. The van der Waals surface area contributed by atoms with Gasteiger partial charge in [0.1, 0.15) is 11.3 Å². The van der Waals surface area contributed by atoms with Crippen molar-refractivity contribution in [3.8, 4) is 0 Å². The minimum atomic E-state index is -0.0746. The van der Waals surface area contributed by atoms with Gasteiger partial charge in [0.15, 0.2) is 5.78 Å². The molecule has 0 radical (unpaired) electrons. The summed E-state index contributed by atoms with van der Waals surface area (Å²) in [6.07, 6.45) is 1.89. The van der Waals surface area contributed by atoms with Gasteiger partial charge in [0.05, 0.1) is 5.56 Å². The van der Waals surface area contributed by atoms with Gasteiger partial charge in [-0.1, -0.05) is 29.8 Å². The average molecular weight is 340 g/mol. The largest absolute Gasteiger partial charge is 0.456 e. The first kappa shape index (κ1) is 16.3. The molecule has 0 aliphatic carbocycles. The van der Waals surface area contributed by atoms with Gasteiger partial charge in [0.2, 0.25) is 0 Å². The summed E-state index contributed by atoms with van der Waals surface area (Å²) in [6.45, 7) is 1.98. The molecule has 0 atom stereocenters. The summed E-state index contributed by atoms with van der Waals surface area (Å²) in [5.74, 6) is 0.497. The normalized spacial score (nSPS) is 11.8. The standard InChI is InChI=1S/C20H18ClNO2/c1-13(22(2)3)12-18-19(16-6-4-5-7-17(16)24-18)20(23)14-8-10-15(21)11-9-14/h4-12H,1-3H3/b13-12+. The third-order valence-electron chi connectivity index (χ3n) is 4.00. The third kappa shape index (κ3) is 3.08. The van der Waals surface area contributed by atoms with Crippen LogP contribution in [0.2, 0.25) is 5.02 Å².